The average molecular weight is 294 g/mol. The Labute approximate surface area is 132 Å². The van der Waals surface area contributed by atoms with Crippen molar-refractivity contribution in [2.45, 2.75) is 39.5 Å². The highest BCUT2D eigenvalue weighted by Gasteiger charge is 2.19. The Hall–Kier alpha value is -2.34. The van der Waals surface area contributed by atoms with Gasteiger partial charge in [-0.1, -0.05) is 31.2 Å². The van der Waals surface area contributed by atoms with Gasteiger partial charge in [-0.2, -0.15) is 5.26 Å². The lowest BCUT2D eigenvalue weighted by molar-refractivity contribution is 0.418. The van der Waals surface area contributed by atoms with Crippen molar-refractivity contribution in [2.75, 3.05) is 0 Å². The van der Waals surface area contributed by atoms with Gasteiger partial charge in [-0.3, -0.25) is 4.99 Å². The monoisotopic (exact) mass is 294 g/mol. The Morgan fingerprint density at radius 2 is 2.27 bits per heavy atom. The maximum absolute atomic E-state index is 9.75. The number of hydrogen-bond acceptors (Lipinski definition) is 3. The van der Waals surface area contributed by atoms with Crippen LogP contribution < -0.4 is 0 Å². The van der Waals surface area contributed by atoms with Gasteiger partial charge in [-0.15, -0.1) is 0 Å². The van der Waals surface area contributed by atoms with Gasteiger partial charge in [0.2, 0.25) is 0 Å². The lowest BCUT2D eigenvalue weighted by atomic mass is 9.92. The Bertz CT molecular complexity index is 666. The molecule has 22 heavy (non-hydrogen) atoms. The van der Waals surface area contributed by atoms with Gasteiger partial charge in [0, 0.05) is 23.4 Å². The normalized spacial score (nSPS) is 22.0. The fourth-order valence-electron chi connectivity index (χ4n) is 2.82. The number of nitrogens with zero attached hydrogens (tertiary/aromatic N) is 2. The predicted octanol–water partition coefficient (Wildman–Crippen LogP) is 4.93. The second-order valence-electron chi connectivity index (χ2n) is 5.70. The zero-order chi connectivity index (χ0) is 16.1. The van der Waals surface area contributed by atoms with Gasteiger partial charge in [0.05, 0.1) is 11.6 Å². The summed E-state index contributed by atoms with van der Waals surface area (Å²) in [5, 5.41) is 18.9. The molecule has 0 bridgehead atoms. The second-order valence-corrected chi connectivity index (χ2v) is 5.70. The van der Waals surface area contributed by atoms with Crippen LogP contribution in [0.25, 0.3) is 0 Å². The maximum atomic E-state index is 9.75. The third-order valence-electron chi connectivity index (χ3n) is 4.24. The largest absolute Gasteiger partial charge is 0.508 e. The molecule has 3 heteroatoms. The molecule has 0 saturated heterocycles. The summed E-state index contributed by atoms with van der Waals surface area (Å²) in [5.74, 6) is 0.338. The molecule has 1 atom stereocenters. The lowest BCUT2D eigenvalue weighted by Gasteiger charge is -2.12. The van der Waals surface area contributed by atoms with Crippen LogP contribution in [0.5, 0.6) is 0 Å². The smallest absolute Gasteiger partial charge is 0.113 e. The van der Waals surface area contributed by atoms with Gasteiger partial charge >= 0.3 is 0 Å². The van der Waals surface area contributed by atoms with Crippen molar-refractivity contribution in [1.29, 1.82) is 5.26 Å². The highest BCUT2D eigenvalue weighted by atomic mass is 16.3. The van der Waals surface area contributed by atoms with E-state index in [0.29, 0.717) is 0 Å². The van der Waals surface area contributed by atoms with Crippen LogP contribution in [0, 0.1) is 17.2 Å². The Balaban J connectivity index is 2.22. The molecule has 0 fully saturated rings. The minimum absolute atomic E-state index is 0.129. The number of aliphatic imine (C=N–C) groups is 1. The van der Waals surface area contributed by atoms with Gasteiger partial charge in [0.15, 0.2) is 0 Å². The van der Waals surface area contributed by atoms with E-state index in [0.717, 1.165) is 48.1 Å². The third kappa shape index (κ3) is 3.46. The highest BCUT2D eigenvalue weighted by Crippen LogP contribution is 2.30. The van der Waals surface area contributed by atoms with E-state index in [2.05, 4.69) is 23.7 Å². The van der Waals surface area contributed by atoms with Crippen LogP contribution in [0.3, 0.4) is 0 Å². The summed E-state index contributed by atoms with van der Waals surface area (Å²) < 4.78 is 0. The van der Waals surface area contributed by atoms with Crippen molar-refractivity contribution < 1.29 is 5.11 Å². The van der Waals surface area contributed by atoms with E-state index in [-0.39, 0.29) is 11.7 Å². The SMILES string of the molecule is C=C(O)C1=C(CC)N=CC(C2=CCC(C)=C(C#N)C=C2)CC1. The van der Waals surface area contributed by atoms with E-state index in [1.54, 1.807) is 0 Å². The molecule has 1 heterocycles. The standard InChI is InChI=1S/C19H22N2O/c1-4-19-18(14(3)22)10-9-17(12-21-19)15-6-5-13(2)16(11-20)8-7-15/h6-8,12,17,22H,3-5,9-10H2,1-2H3. The molecule has 2 rings (SSSR count). The fourth-order valence-corrected chi connectivity index (χ4v) is 2.82. The number of aliphatic hydroxyl groups is 1. The average Bonchev–Trinajstić information content (AvgIpc) is 2.82. The minimum atomic E-state index is 0.129. The van der Waals surface area contributed by atoms with Crippen LogP contribution in [0.15, 0.2) is 63.5 Å². The van der Waals surface area contributed by atoms with Crippen LogP contribution in [-0.4, -0.2) is 11.3 Å². The van der Waals surface area contributed by atoms with E-state index in [1.165, 1.54) is 5.57 Å². The van der Waals surface area contributed by atoms with Crippen LogP contribution in [-0.2, 0) is 0 Å². The molecule has 0 amide bonds. The first kappa shape index (κ1) is 16.0. The first-order chi connectivity index (χ1) is 10.6. The van der Waals surface area contributed by atoms with Crippen molar-refractivity contribution in [2.24, 2.45) is 10.9 Å². The first-order valence-electron chi connectivity index (χ1n) is 7.69. The number of rotatable bonds is 3. The van der Waals surface area contributed by atoms with Crippen molar-refractivity contribution in [3.63, 3.8) is 0 Å². The molecule has 1 aliphatic heterocycles. The quantitative estimate of drug-likeness (QED) is 0.750. The Kier molecular flexibility index (Phi) is 5.16. The zero-order valence-corrected chi connectivity index (χ0v) is 13.3. The molecular formula is C19H22N2O. The van der Waals surface area contributed by atoms with Gasteiger partial charge in [-0.25, -0.2) is 0 Å². The summed E-state index contributed by atoms with van der Waals surface area (Å²) in [4.78, 5) is 4.57. The van der Waals surface area contributed by atoms with Crippen LogP contribution in [0.2, 0.25) is 0 Å². The van der Waals surface area contributed by atoms with E-state index >= 15 is 0 Å². The van der Waals surface area contributed by atoms with E-state index < -0.39 is 0 Å². The summed E-state index contributed by atoms with van der Waals surface area (Å²) in [6.45, 7) is 7.68. The molecule has 0 aromatic rings. The van der Waals surface area contributed by atoms with Crippen molar-refractivity contribution in [3.8, 4) is 6.07 Å². The van der Waals surface area contributed by atoms with Gasteiger partial charge in [0.1, 0.15) is 5.76 Å². The fraction of sp³-hybridized carbons (Fsp3) is 0.368. The van der Waals surface area contributed by atoms with Crippen LogP contribution >= 0.6 is 0 Å². The molecule has 0 aromatic carbocycles. The van der Waals surface area contributed by atoms with E-state index in [9.17, 15) is 5.11 Å². The third-order valence-corrected chi connectivity index (χ3v) is 4.24. The lowest BCUT2D eigenvalue weighted by Crippen LogP contribution is -2.04. The first-order valence-corrected chi connectivity index (χ1v) is 7.69. The zero-order valence-electron chi connectivity index (χ0n) is 13.3. The number of aliphatic hydroxyl groups excluding tert-OH is 1. The predicted molar refractivity (Wildman–Crippen MR) is 90.5 cm³/mol. The van der Waals surface area contributed by atoms with Crippen LogP contribution in [0.1, 0.15) is 39.5 Å². The van der Waals surface area contributed by atoms with Gasteiger partial charge in [0.25, 0.3) is 0 Å². The van der Waals surface area contributed by atoms with E-state index in [4.69, 9.17) is 5.26 Å². The van der Waals surface area contributed by atoms with Gasteiger partial charge < -0.3 is 5.11 Å². The summed E-state index contributed by atoms with van der Waals surface area (Å²) in [5.41, 5.74) is 4.81. The maximum Gasteiger partial charge on any atom is 0.113 e. The van der Waals surface area contributed by atoms with Crippen molar-refractivity contribution in [3.05, 3.63) is 58.6 Å². The number of hydrogen-bond donors (Lipinski definition) is 1. The van der Waals surface area contributed by atoms with Gasteiger partial charge in [-0.05, 0) is 44.3 Å². The number of nitriles is 1. The van der Waals surface area contributed by atoms with Crippen molar-refractivity contribution in [1.82, 2.24) is 0 Å². The number of allylic oxidation sites excluding steroid dienone is 8. The molecule has 3 nitrogen and oxygen atoms in total. The summed E-state index contributed by atoms with van der Waals surface area (Å²) in [6.07, 6.45) is 11.3. The molecular weight excluding hydrogens is 272 g/mol. The molecule has 1 aliphatic carbocycles. The molecule has 114 valence electrons. The molecule has 2 aliphatic rings. The van der Waals surface area contributed by atoms with Crippen LogP contribution in [0.4, 0.5) is 0 Å². The molecule has 1 unspecified atom stereocenters. The van der Waals surface area contributed by atoms with Crippen molar-refractivity contribution >= 4 is 6.21 Å². The molecule has 0 saturated carbocycles. The highest BCUT2D eigenvalue weighted by molar-refractivity contribution is 5.69. The summed E-state index contributed by atoms with van der Waals surface area (Å²) >= 11 is 0. The molecule has 0 radical (unpaired) electrons. The molecule has 0 spiro atoms. The Morgan fingerprint density at radius 3 is 2.91 bits per heavy atom. The summed E-state index contributed by atoms with van der Waals surface area (Å²) in [6, 6.07) is 2.24. The molecule has 0 aromatic heterocycles. The summed E-state index contributed by atoms with van der Waals surface area (Å²) in [7, 11) is 0. The Morgan fingerprint density at radius 1 is 1.50 bits per heavy atom. The topological polar surface area (TPSA) is 56.4 Å². The van der Waals surface area contributed by atoms with E-state index in [1.807, 2.05) is 32.2 Å². The molecule has 1 N–H and O–H groups in total. The minimum Gasteiger partial charge on any atom is -0.508 e. The second kappa shape index (κ2) is 7.09.